The molecule has 1 fully saturated rings. The molecule has 1 aliphatic heterocycles. The lowest BCUT2D eigenvalue weighted by molar-refractivity contribution is -0.119. The van der Waals surface area contributed by atoms with Crippen LogP contribution >= 0.6 is 11.8 Å². The van der Waals surface area contributed by atoms with E-state index in [1.54, 1.807) is 14.2 Å². The van der Waals surface area contributed by atoms with Gasteiger partial charge in [-0.15, -0.1) is 0 Å². The number of thioether (sulfide) groups is 1. The van der Waals surface area contributed by atoms with E-state index in [9.17, 15) is 4.79 Å². The summed E-state index contributed by atoms with van der Waals surface area (Å²) in [5.41, 5.74) is 2.74. The van der Waals surface area contributed by atoms with Crippen LogP contribution in [0, 0.1) is 0 Å². The fourth-order valence-corrected chi connectivity index (χ4v) is 4.33. The van der Waals surface area contributed by atoms with E-state index in [0.717, 1.165) is 53.0 Å². The Balaban J connectivity index is 1.52. The summed E-state index contributed by atoms with van der Waals surface area (Å²) in [4.78, 5) is 17.2. The quantitative estimate of drug-likeness (QED) is 0.495. The number of rotatable bonds is 9. The van der Waals surface area contributed by atoms with Crippen LogP contribution in [0.5, 0.6) is 11.5 Å². The average molecular weight is 454 g/mol. The first-order valence-corrected chi connectivity index (χ1v) is 11.5. The lowest BCUT2D eigenvalue weighted by atomic mass is 10.1. The second kappa shape index (κ2) is 10.6. The number of nitrogens with zero attached hydrogens (tertiary/aromatic N) is 2. The molecule has 2 heterocycles. The number of methoxy groups -OCH3 is 2. The van der Waals surface area contributed by atoms with Gasteiger partial charge in [0.2, 0.25) is 5.91 Å². The summed E-state index contributed by atoms with van der Waals surface area (Å²) in [5.74, 6) is 1.83. The molecule has 0 bridgehead atoms. The number of ether oxygens (including phenoxy) is 3. The van der Waals surface area contributed by atoms with Crippen molar-refractivity contribution in [2.45, 2.75) is 24.1 Å². The zero-order valence-corrected chi connectivity index (χ0v) is 19.1. The third kappa shape index (κ3) is 5.44. The summed E-state index contributed by atoms with van der Waals surface area (Å²) in [7, 11) is 3.29. The normalized spacial score (nSPS) is 15.5. The highest BCUT2D eigenvalue weighted by atomic mass is 32.2. The van der Waals surface area contributed by atoms with Crippen molar-refractivity contribution in [3.63, 3.8) is 0 Å². The summed E-state index contributed by atoms with van der Waals surface area (Å²) in [6.07, 6.45) is 4.17. The van der Waals surface area contributed by atoms with E-state index in [2.05, 4.69) is 5.32 Å². The number of amides is 1. The predicted octanol–water partition coefficient (Wildman–Crippen LogP) is 3.94. The van der Waals surface area contributed by atoms with E-state index in [-0.39, 0.29) is 17.8 Å². The maximum Gasteiger partial charge on any atom is 0.230 e. The van der Waals surface area contributed by atoms with E-state index in [1.807, 2.05) is 59.3 Å². The van der Waals surface area contributed by atoms with E-state index >= 15 is 0 Å². The molecule has 8 heteroatoms. The first kappa shape index (κ1) is 22.2. The third-order valence-corrected chi connectivity index (χ3v) is 6.25. The molecule has 0 spiro atoms. The average Bonchev–Trinajstić information content (AvgIpc) is 3.52. The van der Waals surface area contributed by atoms with Gasteiger partial charge in [-0.2, -0.15) is 0 Å². The smallest absolute Gasteiger partial charge is 0.230 e. The Bertz CT molecular complexity index is 1030. The first-order chi connectivity index (χ1) is 15.7. The molecule has 1 N–H and O–H groups in total. The van der Waals surface area contributed by atoms with E-state index < -0.39 is 0 Å². The molecule has 4 rings (SSSR count). The van der Waals surface area contributed by atoms with E-state index in [1.165, 1.54) is 11.8 Å². The third-order valence-electron chi connectivity index (χ3n) is 5.29. The molecule has 0 radical (unpaired) electrons. The Morgan fingerprint density at radius 1 is 1.12 bits per heavy atom. The van der Waals surface area contributed by atoms with Gasteiger partial charge >= 0.3 is 0 Å². The van der Waals surface area contributed by atoms with Gasteiger partial charge in [0.1, 0.15) is 11.5 Å². The van der Waals surface area contributed by atoms with Gasteiger partial charge in [-0.1, -0.05) is 11.8 Å². The van der Waals surface area contributed by atoms with Gasteiger partial charge in [-0.25, -0.2) is 4.98 Å². The molecule has 7 nitrogen and oxygen atoms in total. The van der Waals surface area contributed by atoms with Crippen LogP contribution in [0.25, 0.3) is 16.9 Å². The number of imidazole rings is 1. The van der Waals surface area contributed by atoms with Crippen molar-refractivity contribution in [2.75, 3.05) is 33.1 Å². The van der Waals surface area contributed by atoms with Crippen molar-refractivity contribution < 1.29 is 19.0 Å². The highest BCUT2D eigenvalue weighted by Gasteiger charge is 2.17. The van der Waals surface area contributed by atoms with Gasteiger partial charge in [0.15, 0.2) is 5.16 Å². The minimum Gasteiger partial charge on any atom is -0.497 e. The molecule has 1 aliphatic rings. The summed E-state index contributed by atoms with van der Waals surface area (Å²) in [5, 5.41) is 3.71. The number of hydrogen-bond donors (Lipinski definition) is 1. The zero-order chi connectivity index (χ0) is 22.3. The number of carbonyl (C=O) groups excluding carboxylic acids is 1. The summed E-state index contributed by atoms with van der Waals surface area (Å²) >= 11 is 1.41. The Kier molecular flexibility index (Phi) is 7.34. The van der Waals surface area contributed by atoms with Crippen molar-refractivity contribution >= 4 is 17.7 Å². The van der Waals surface area contributed by atoms with Gasteiger partial charge in [-0.05, 0) is 61.4 Å². The van der Waals surface area contributed by atoms with Crippen LogP contribution in [-0.2, 0) is 9.53 Å². The van der Waals surface area contributed by atoms with Crippen molar-refractivity contribution in [1.82, 2.24) is 14.9 Å². The molecule has 1 aromatic heterocycles. The molecule has 1 amide bonds. The summed E-state index contributed by atoms with van der Waals surface area (Å²) in [6, 6.07) is 15.5. The lowest BCUT2D eigenvalue weighted by Gasteiger charge is -2.11. The number of hydrogen-bond acceptors (Lipinski definition) is 6. The van der Waals surface area contributed by atoms with Crippen LogP contribution in [0.1, 0.15) is 12.8 Å². The number of nitrogens with one attached hydrogen (secondary N) is 1. The van der Waals surface area contributed by atoms with Gasteiger partial charge in [-0.3, -0.25) is 9.36 Å². The van der Waals surface area contributed by atoms with Crippen molar-refractivity contribution in [1.29, 1.82) is 0 Å². The maximum atomic E-state index is 12.4. The molecule has 168 valence electrons. The van der Waals surface area contributed by atoms with Crippen LogP contribution in [0.15, 0.2) is 59.9 Å². The van der Waals surface area contributed by atoms with Gasteiger partial charge in [0.25, 0.3) is 0 Å². The highest BCUT2D eigenvalue weighted by molar-refractivity contribution is 7.99. The second-order valence-corrected chi connectivity index (χ2v) is 8.38. The van der Waals surface area contributed by atoms with Crippen LogP contribution in [-0.4, -0.2) is 54.7 Å². The summed E-state index contributed by atoms with van der Waals surface area (Å²) in [6.45, 7) is 1.34. The molecular formula is C24H27N3O4S. The number of carbonyl (C=O) groups is 1. The van der Waals surface area contributed by atoms with Crippen LogP contribution in [0.3, 0.4) is 0 Å². The monoisotopic (exact) mass is 453 g/mol. The number of aromatic nitrogens is 2. The van der Waals surface area contributed by atoms with Gasteiger partial charge in [0, 0.05) is 30.6 Å². The summed E-state index contributed by atoms with van der Waals surface area (Å²) < 4.78 is 18.1. The minimum atomic E-state index is -0.0271. The van der Waals surface area contributed by atoms with Crippen molar-refractivity contribution in [3.05, 3.63) is 54.7 Å². The molecule has 32 heavy (non-hydrogen) atoms. The fraction of sp³-hybridized carbons (Fsp3) is 0.333. The van der Waals surface area contributed by atoms with E-state index in [4.69, 9.17) is 19.2 Å². The fourth-order valence-electron chi connectivity index (χ4n) is 3.51. The van der Waals surface area contributed by atoms with Gasteiger partial charge in [0.05, 0.1) is 31.8 Å². The lowest BCUT2D eigenvalue weighted by Crippen LogP contribution is -2.32. The SMILES string of the molecule is COc1ccc(-c2cn(-c3ccc(OC)cc3)c(SCC(=O)NC[C@@H]3CCCO3)n2)cc1. The number of benzene rings is 2. The Morgan fingerprint density at radius 2 is 1.81 bits per heavy atom. The Hall–Kier alpha value is -2.97. The topological polar surface area (TPSA) is 74.6 Å². The highest BCUT2D eigenvalue weighted by Crippen LogP contribution is 2.29. The van der Waals surface area contributed by atoms with Crippen LogP contribution in [0.2, 0.25) is 0 Å². The van der Waals surface area contributed by atoms with Gasteiger partial charge < -0.3 is 19.5 Å². The predicted molar refractivity (Wildman–Crippen MR) is 125 cm³/mol. The molecule has 3 aromatic rings. The first-order valence-electron chi connectivity index (χ1n) is 10.6. The Morgan fingerprint density at radius 3 is 2.44 bits per heavy atom. The van der Waals surface area contributed by atoms with Crippen molar-refractivity contribution in [2.24, 2.45) is 0 Å². The maximum absolute atomic E-state index is 12.4. The second-order valence-electron chi connectivity index (χ2n) is 7.43. The molecule has 0 aliphatic carbocycles. The molecule has 0 saturated carbocycles. The molecular weight excluding hydrogens is 426 g/mol. The van der Waals surface area contributed by atoms with Crippen LogP contribution in [0.4, 0.5) is 0 Å². The molecule has 1 atom stereocenters. The molecule has 2 aromatic carbocycles. The Labute approximate surface area is 192 Å². The van der Waals surface area contributed by atoms with Crippen molar-refractivity contribution in [3.8, 4) is 28.4 Å². The minimum absolute atomic E-state index is 0.0271. The molecule has 1 saturated heterocycles. The van der Waals surface area contributed by atoms with E-state index in [0.29, 0.717) is 6.54 Å². The van der Waals surface area contributed by atoms with Crippen LogP contribution < -0.4 is 14.8 Å². The largest absolute Gasteiger partial charge is 0.497 e. The standard InChI is InChI=1S/C24H27N3O4S/c1-29-19-9-5-17(6-10-19)22-15-27(18-7-11-20(30-2)12-8-18)24(26-22)32-16-23(28)25-14-21-4-3-13-31-21/h5-12,15,21H,3-4,13-14,16H2,1-2H3,(H,25,28)/t21-/m0/s1. The molecule has 0 unspecified atom stereocenters. The zero-order valence-electron chi connectivity index (χ0n) is 18.2.